The Labute approximate surface area is 194 Å². The largest absolute Gasteiger partial charge is 0.245 e. The van der Waals surface area contributed by atoms with Gasteiger partial charge < -0.3 is 0 Å². The predicted octanol–water partition coefficient (Wildman–Crippen LogP) is 3.63. The molecule has 8 nitrogen and oxygen atoms in total. The molecule has 0 saturated heterocycles. The second-order valence-electron chi connectivity index (χ2n) is 6.94. The van der Waals surface area contributed by atoms with Gasteiger partial charge in [0.25, 0.3) is 0 Å². The molecule has 34 heavy (non-hydrogen) atoms. The van der Waals surface area contributed by atoms with Crippen molar-refractivity contribution in [2.45, 2.75) is 0 Å². The summed E-state index contributed by atoms with van der Waals surface area (Å²) in [5.74, 6) is 0. The number of nitrogens with zero attached hydrogens (tertiary/aromatic N) is 8. The molecule has 8 heteroatoms. The maximum absolute atomic E-state index is 9.61. The molecule has 0 N–H and O–H groups in total. The summed E-state index contributed by atoms with van der Waals surface area (Å²) in [6, 6.07) is 24.4. The number of aliphatic imine (C=N–C) groups is 2. The molecule has 0 fully saturated rings. The number of rotatable bonds is 2. The molecule has 0 atom stereocenters. The molecule has 2 aromatic rings. The van der Waals surface area contributed by atoms with E-state index in [4.69, 9.17) is 10.5 Å². The Hall–Kier alpha value is -6.06. The lowest BCUT2D eigenvalue weighted by Gasteiger charge is -2.09. The Balaban J connectivity index is 1.99. The monoisotopic (exact) mass is 432 g/mol. The fourth-order valence-corrected chi connectivity index (χ4v) is 3.58. The molecular weight excluding hydrogens is 424 g/mol. The van der Waals surface area contributed by atoms with Crippen molar-refractivity contribution in [3.8, 4) is 36.4 Å². The van der Waals surface area contributed by atoms with Crippen LogP contribution in [0.4, 0.5) is 0 Å². The number of allylic oxidation sites excluding steroid dienone is 4. The standard InChI is InChI=1S/C26H8N8/c27-9-15-1-5-17(6-2-15)23-21(19(11-29)12-30)25-26(33-23)22(20(13-31)14-32)24(34-25)18-7-3-16(10-28)4-8-18/h1-8H. The molecule has 0 aliphatic carbocycles. The second kappa shape index (κ2) is 8.59. The van der Waals surface area contributed by atoms with Crippen LogP contribution in [-0.4, -0.2) is 11.4 Å². The third kappa shape index (κ3) is 3.30. The van der Waals surface area contributed by atoms with Gasteiger partial charge in [-0.15, -0.1) is 0 Å². The molecule has 2 aliphatic rings. The summed E-state index contributed by atoms with van der Waals surface area (Å²) in [6.45, 7) is 0. The van der Waals surface area contributed by atoms with E-state index in [2.05, 4.69) is 9.98 Å². The van der Waals surface area contributed by atoms with Crippen molar-refractivity contribution in [2.75, 3.05) is 0 Å². The maximum atomic E-state index is 9.61. The fraction of sp³-hybridized carbons (Fsp3) is 0. The first-order valence-corrected chi connectivity index (χ1v) is 9.63. The summed E-state index contributed by atoms with van der Waals surface area (Å²) in [5, 5.41) is 56.6. The van der Waals surface area contributed by atoms with E-state index >= 15 is 0 Å². The number of hydrogen-bond donors (Lipinski definition) is 0. The van der Waals surface area contributed by atoms with E-state index in [-0.39, 0.29) is 45.1 Å². The lowest BCUT2D eigenvalue weighted by atomic mass is 9.95. The molecule has 4 rings (SSSR count). The van der Waals surface area contributed by atoms with Crippen molar-refractivity contribution in [3.63, 3.8) is 0 Å². The smallest absolute Gasteiger partial charge is 0.141 e. The summed E-state index contributed by atoms with van der Waals surface area (Å²) in [7, 11) is 0. The van der Waals surface area contributed by atoms with Crippen LogP contribution in [0.1, 0.15) is 22.3 Å². The SMILES string of the molecule is N#CC(C#N)=C1C(c2ccc(C#N)cc2)=NC2=C1N=C(c1ccc(C#N)cc1)C2=C(C#N)C#N. The zero-order valence-corrected chi connectivity index (χ0v) is 17.2. The molecule has 152 valence electrons. The predicted molar refractivity (Wildman–Crippen MR) is 119 cm³/mol. The minimum Gasteiger partial charge on any atom is -0.245 e. The van der Waals surface area contributed by atoms with E-state index in [1.165, 1.54) is 0 Å². The van der Waals surface area contributed by atoms with Gasteiger partial charge in [-0.25, -0.2) is 9.98 Å². The Morgan fingerprint density at radius 2 is 0.824 bits per heavy atom. The van der Waals surface area contributed by atoms with Gasteiger partial charge in [0.2, 0.25) is 0 Å². The topological polar surface area (TPSA) is 167 Å². The van der Waals surface area contributed by atoms with E-state index in [0.717, 1.165) is 0 Å². The third-order valence-electron chi connectivity index (χ3n) is 5.14. The van der Waals surface area contributed by atoms with Crippen molar-refractivity contribution < 1.29 is 0 Å². The van der Waals surface area contributed by atoms with Gasteiger partial charge in [-0.2, -0.15) is 31.6 Å². The van der Waals surface area contributed by atoms with Gasteiger partial charge in [0, 0.05) is 11.1 Å². The summed E-state index contributed by atoms with van der Waals surface area (Å²) < 4.78 is 0. The molecule has 0 saturated carbocycles. The van der Waals surface area contributed by atoms with Gasteiger partial charge in [0.15, 0.2) is 0 Å². The zero-order chi connectivity index (χ0) is 24.2. The van der Waals surface area contributed by atoms with E-state index in [1.54, 1.807) is 48.5 Å². The molecular formula is C26H8N8. The molecule has 2 aromatic carbocycles. The summed E-state index contributed by atoms with van der Waals surface area (Å²) in [6.07, 6.45) is 0. The Morgan fingerprint density at radius 1 is 0.500 bits per heavy atom. The van der Waals surface area contributed by atoms with Crippen molar-refractivity contribution in [2.24, 2.45) is 9.98 Å². The van der Waals surface area contributed by atoms with Crippen LogP contribution in [0, 0.1) is 68.0 Å². The molecule has 0 bridgehead atoms. The Morgan fingerprint density at radius 3 is 1.09 bits per heavy atom. The average molecular weight is 432 g/mol. The first kappa shape index (κ1) is 21.2. The second-order valence-corrected chi connectivity index (χ2v) is 6.94. The quantitative estimate of drug-likeness (QED) is 0.656. The highest BCUT2D eigenvalue weighted by molar-refractivity contribution is 6.26. The third-order valence-corrected chi connectivity index (χ3v) is 5.14. The summed E-state index contributed by atoms with van der Waals surface area (Å²) in [4.78, 5) is 9.22. The molecule has 2 heterocycles. The summed E-state index contributed by atoms with van der Waals surface area (Å²) >= 11 is 0. The summed E-state index contributed by atoms with van der Waals surface area (Å²) in [5.41, 5.74) is 2.80. The minimum absolute atomic E-state index is 0.182. The number of hydrogen-bond acceptors (Lipinski definition) is 8. The Bertz CT molecular complexity index is 1510. The zero-order valence-electron chi connectivity index (χ0n) is 17.2. The first-order valence-electron chi connectivity index (χ1n) is 9.63. The van der Waals surface area contributed by atoms with Crippen LogP contribution in [0.2, 0.25) is 0 Å². The molecule has 0 radical (unpaired) electrons. The van der Waals surface area contributed by atoms with E-state index in [1.807, 2.05) is 36.4 Å². The van der Waals surface area contributed by atoms with Crippen LogP contribution in [-0.2, 0) is 0 Å². The molecule has 2 aliphatic heterocycles. The maximum Gasteiger partial charge on any atom is 0.141 e. The minimum atomic E-state index is -0.229. The normalized spacial score (nSPS) is 13.2. The van der Waals surface area contributed by atoms with Gasteiger partial charge in [-0.1, -0.05) is 24.3 Å². The van der Waals surface area contributed by atoms with Crippen molar-refractivity contribution in [3.05, 3.63) is 104 Å². The van der Waals surface area contributed by atoms with Crippen LogP contribution in [0.15, 0.2) is 92.2 Å². The number of benzene rings is 2. The molecule has 0 spiro atoms. The fourth-order valence-electron chi connectivity index (χ4n) is 3.58. The first-order chi connectivity index (χ1) is 16.6. The highest BCUT2D eigenvalue weighted by atomic mass is 15.0. The van der Waals surface area contributed by atoms with Crippen molar-refractivity contribution in [1.82, 2.24) is 0 Å². The van der Waals surface area contributed by atoms with Crippen LogP contribution in [0.5, 0.6) is 0 Å². The van der Waals surface area contributed by atoms with Crippen LogP contribution >= 0.6 is 0 Å². The lowest BCUT2D eigenvalue weighted by Crippen LogP contribution is -2.09. The van der Waals surface area contributed by atoms with E-state index in [0.29, 0.717) is 22.3 Å². The van der Waals surface area contributed by atoms with E-state index in [9.17, 15) is 21.0 Å². The van der Waals surface area contributed by atoms with Crippen LogP contribution in [0.25, 0.3) is 0 Å². The number of nitriles is 6. The molecule has 0 unspecified atom stereocenters. The molecule has 0 amide bonds. The average Bonchev–Trinajstić information content (AvgIpc) is 3.43. The Kier molecular flexibility index (Phi) is 5.35. The van der Waals surface area contributed by atoms with Crippen LogP contribution in [0.3, 0.4) is 0 Å². The van der Waals surface area contributed by atoms with Gasteiger partial charge in [0.1, 0.15) is 46.8 Å². The molecule has 0 aromatic heterocycles. The lowest BCUT2D eigenvalue weighted by molar-refractivity contribution is 1.32. The van der Waals surface area contributed by atoms with Crippen molar-refractivity contribution in [1.29, 1.82) is 31.6 Å². The van der Waals surface area contributed by atoms with Gasteiger partial charge >= 0.3 is 0 Å². The van der Waals surface area contributed by atoms with Crippen molar-refractivity contribution >= 4 is 11.4 Å². The highest BCUT2D eigenvalue weighted by Crippen LogP contribution is 2.42. The van der Waals surface area contributed by atoms with Gasteiger partial charge in [0.05, 0.1) is 45.8 Å². The van der Waals surface area contributed by atoms with Gasteiger partial charge in [-0.3, -0.25) is 0 Å². The van der Waals surface area contributed by atoms with E-state index < -0.39 is 0 Å². The van der Waals surface area contributed by atoms with Crippen LogP contribution < -0.4 is 0 Å². The van der Waals surface area contributed by atoms with Gasteiger partial charge in [-0.05, 0) is 24.3 Å². The highest BCUT2D eigenvalue weighted by Gasteiger charge is 2.38.